The van der Waals surface area contributed by atoms with Crippen molar-refractivity contribution in [2.75, 3.05) is 5.73 Å². The minimum absolute atomic E-state index is 0.736. The van der Waals surface area contributed by atoms with Crippen molar-refractivity contribution in [3.8, 4) is 11.4 Å². The Morgan fingerprint density at radius 2 is 1.94 bits per heavy atom. The van der Waals surface area contributed by atoms with Crippen LogP contribution in [0.1, 0.15) is 0 Å². The van der Waals surface area contributed by atoms with Crippen molar-refractivity contribution in [2.45, 2.75) is 0 Å². The van der Waals surface area contributed by atoms with Crippen LogP contribution in [0.2, 0.25) is 0 Å². The van der Waals surface area contributed by atoms with Crippen LogP contribution in [-0.2, 0) is 7.05 Å². The van der Waals surface area contributed by atoms with Gasteiger partial charge in [0, 0.05) is 29.8 Å². The number of rotatable bonds is 1. The number of aryl methyl sites for hydroxylation is 1. The summed E-state index contributed by atoms with van der Waals surface area (Å²) in [6.07, 6.45) is 1.74. The Morgan fingerprint density at radius 1 is 1.12 bits per heavy atom. The molecular weight excluding hydrogens is 210 g/mol. The van der Waals surface area contributed by atoms with Crippen molar-refractivity contribution >= 4 is 16.6 Å². The number of anilines is 1. The number of benzene rings is 1. The molecule has 0 saturated heterocycles. The van der Waals surface area contributed by atoms with Crippen LogP contribution in [-0.4, -0.2) is 9.55 Å². The minimum atomic E-state index is 0.736. The molecule has 2 N–H and O–H groups in total. The average molecular weight is 223 g/mol. The van der Waals surface area contributed by atoms with Crippen LogP contribution >= 0.6 is 0 Å². The standard InChI is InChI=1S/C14H13N3/c1-17-13-5-3-2-4-10(13)8-14(17)12-9-11(15)6-7-16-12/h2-9H,1H3,(H2,15,16). The molecule has 0 bridgehead atoms. The second-order valence-corrected chi connectivity index (χ2v) is 4.12. The fourth-order valence-electron chi connectivity index (χ4n) is 2.12. The molecule has 0 unspecified atom stereocenters. The molecule has 1 aromatic carbocycles. The monoisotopic (exact) mass is 223 g/mol. The normalized spacial score (nSPS) is 10.9. The Bertz CT molecular complexity index is 683. The first kappa shape index (κ1) is 9.90. The van der Waals surface area contributed by atoms with Gasteiger partial charge in [-0.3, -0.25) is 4.98 Å². The molecule has 0 radical (unpaired) electrons. The van der Waals surface area contributed by atoms with Gasteiger partial charge in [0.1, 0.15) is 0 Å². The lowest BCUT2D eigenvalue weighted by Crippen LogP contribution is -1.94. The SMILES string of the molecule is Cn1c(-c2cc(N)ccn2)cc2ccccc21. The van der Waals surface area contributed by atoms with Crippen molar-refractivity contribution in [3.63, 3.8) is 0 Å². The lowest BCUT2D eigenvalue weighted by atomic mass is 10.2. The van der Waals surface area contributed by atoms with Crippen molar-refractivity contribution in [2.24, 2.45) is 7.05 Å². The highest BCUT2D eigenvalue weighted by Crippen LogP contribution is 2.26. The minimum Gasteiger partial charge on any atom is -0.399 e. The predicted molar refractivity (Wildman–Crippen MR) is 70.6 cm³/mol. The molecule has 0 amide bonds. The maximum atomic E-state index is 5.79. The summed E-state index contributed by atoms with van der Waals surface area (Å²) in [6, 6.07) is 14.1. The number of nitrogen functional groups attached to an aromatic ring is 1. The van der Waals surface area contributed by atoms with Crippen molar-refractivity contribution in [1.29, 1.82) is 0 Å². The molecule has 3 rings (SSSR count). The molecule has 0 spiro atoms. The summed E-state index contributed by atoms with van der Waals surface area (Å²) in [5.41, 5.74) is 9.72. The second-order valence-electron chi connectivity index (χ2n) is 4.12. The fourth-order valence-corrected chi connectivity index (χ4v) is 2.12. The third-order valence-corrected chi connectivity index (χ3v) is 3.00. The number of nitrogens with two attached hydrogens (primary N) is 1. The van der Waals surface area contributed by atoms with Gasteiger partial charge in [-0.2, -0.15) is 0 Å². The van der Waals surface area contributed by atoms with Gasteiger partial charge < -0.3 is 10.3 Å². The third kappa shape index (κ3) is 1.56. The Morgan fingerprint density at radius 3 is 2.71 bits per heavy atom. The maximum absolute atomic E-state index is 5.79. The smallest absolute Gasteiger partial charge is 0.0887 e. The van der Waals surface area contributed by atoms with Crippen molar-refractivity contribution in [3.05, 3.63) is 48.7 Å². The largest absolute Gasteiger partial charge is 0.399 e. The van der Waals surface area contributed by atoms with Gasteiger partial charge in [-0.05, 0) is 24.3 Å². The van der Waals surface area contributed by atoms with Crippen LogP contribution in [0.25, 0.3) is 22.3 Å². The quantitative estimate of drug-likeness (QED) is 0.689. The molecule has 0 aliphatic carbocycles. The van der Waals surface area contributed by atoms with Crippen molar-refractivity contribution < 1.29 is 0 Å². The van der Waals surface area contributed by atoms with E-state index in [-0.39, 0.29) is 0 Å². The molecular formula is C14H13N3. The van der Waals surface area contributed by atoms with Gasteiger partial charge in [0.2, 0.25) is 0 Å². The average Bonchev–Trinajstić information content (AvgIpc) is 2.68. The zero-order valence-corrected chi connectivity index (χ0v) is 9.59. The van der Waals surface area contributed by atoms with E-state index in [1.54, 1.807) is 12.3 Å². The molecule has 3 aromatic rings. The van der Waals surface area contributed by atoms with E-state index < -0.39 is 0 Å². The van der Waals surface area contributed by atoms with Crippen LogP contribution in [0.5, 0.6) is 0 Å². The lowest BCUT2D eigenvalue weighted by molar-refractivity contribution is 0.970. The third-order valence-electron chi connectivity index (χ3n) is 3.00. The summed E-state index contributed by atoms with van der Waals surface area (Å²) in [5.74, 6) is 0. The molecule has 2 aromatic heterocycles. The van der Waals surface area contributed by atoms with Gasteiger partial charge in [-0.1, -0.05) is 18.2 Å². The van der Waals surface area contributed by atoms with Crippen LogP contribution in [0.15, 0.2) is 48.7 Å². The maximum Gasteiger partial charge on any atom is 0.0887 e. The second kappa shape index (κ2) is 3.63. The number of nitrogens with zero attached hydrogens (tertiary/aromatic N) is 2. The van der Waals surface area contributed by atoms with Crippen LogP contribution in [0.3, 0.4) is 0 Å². The topological polar surface area (TPSA) is 43.8 Å². The predicted octanol–water partition coefficient (Wildman–Crippen LogP) is 2.82. The zero-order valence-electron chi connectivity index (χ0n) is 9.59. The van der Waals surface area contributed by atoms with Crippen molar-refractivity contribution in [1.82, 2.24) is 9.55 Å². The number of pyridine rings is 1. The van der Waals surface area contributed by atoms with Gasteiger partial charge in [0.25, 0.3) is 0 Å². The lowest BCUT2D eigenvalue weighted by Gasteiger charge is -2.04. The zero-order chi connectivity index (χ0) is 11.8. The Balaban J connectivity index is 2.27. The van der Waals surface area contributed by atoms with Gasteiger partial charge in [-0.25, -0.2) is 0 Å². The number of para-hydroxylation sites is 1. The molecule has 0 fully saturated rings. The van der Waals surface area contributed by atoms with Gasteiger partial charge in [0.05, 0.1) is 11.4 Å². The highest BCUT2D eigenvalue weighted by Gasteiger charge is 2.08. The van der Waals surface area contributed by atoms with Crippen LogP contribution in [0.4, 0.5) is 5.69 Å². The first-order valence-electron chi connectivity index (χ1n) is 5.52. The molecule has 17 heavy (non-hydrogen) atoms. The highest BCUT2D eigenvalue weighted by atomic mass is 15.0. The molecule has 84 valence electrons. The summed E-state index contributed by atoms with van der Waals surface area (Å²) >= 11 is 0. The summed E-state index contributed by atoms with van der Waals surface area (Å²) in [6.45, 7) is 0. The highest BCUT2D eigenvalue weighted by molar-refractivity contribution is 5.86. The number of hydrogen-bond donors (Lipinski definition) is 1. The van der Waals surface area contributed by atoms with E-state index >= 15 is 0 Å². The molecule has 3 nitrogen and oxygen atoms in total. The first-order valence-corrected chi connectivity index (χ1v) is 5.52. The van der Waals surface area contributed by atoms with E-state index in [1.807, 2.05) is 25.2 Å². The summed E-state index contributed by atoms with van der Waals surface area (Å²) in [5, 5.41) is 1.22. The first-order chi connectivity index (χ1) is 8.25. The van der Waals surface area contributed by atoms with Gasteiger partial charge >= 0.3 is 0 Å². The van der Waals surface area contributed by atoms with E-state index in [1.165, 1.54) is 10.9 Å². The van der Waals surface area contributed by atoms with Gasteiger partial charge in [-0.15, -0.1) is 0 Å². The summed E-state index contributed by atoms with van der Waals surface area (Å²) < 4.78 is 2.14. The van der Waals surface area contributed by atoms with E-state index in [0.29, 0.717) is 0 Å². The van der Waals surface area contributed by atoms with E-state index in [4.69, 9.17) is 5.73 Å². The molecule has 3 heteroatoms. The Kier molecular flexibility index (Phi) is 2.11. The molecule has 0 aliphatic heterocycles. The van der Waals surface area contributed by atoms with Crippen LogP contribution < -0.4 is 5.73 Å². The molecule has 0 saturated carbocycles. The Hall–Kier alpha value is -2.29. The number of aromatic nitrogens is 2. The van der Waals surface area contributed by atoms with E-state index in [9.17, 15) is 0 Å². The number of fused-ring (bicyclic) bond motifs is 1. The fraction of sp³-hybridized carbons (Fsp3) is 0.0714. The molecule has 0 atom stereocenters. The Labute approximate surface area is 99.5 Å². The van der Waals surface area contributed by atoms with E-state index in [0.717, 1.165) is 17.1 Å². The molecule has 2 heterocycles. The van der Waals surface area contributed by atoms with Crippen LogP contribution in [0, 0.1) is 0 Å². The van der Waals surface area contributed by atoms with E-state index in [2.05, 4.69) is 27.8 Å². The molecule has 0 aliphatic rings. The number of hydrogen-bond acceptors (Lipinski definition) is 2. The van der Waals surface area contributed by atoms with Gasteiger partial charge in [0.15, 0.2) is 0 Å². The summed E-state index contributed by atoms with van der Waals surface area (Å²) in [4.78, 5) is 4.37. The summed E-state index contributed by atoms with van der Waals surface area (Å²) in [7, 11) is 2.04.